The average Bonchev–Trinajstić information content (AvgIpc) is 2.53. The zero-order chi connectivity index (χ0) is 16.7. The summed E-state index contributed by atoms with van der Waals surface area (Å²) in [6, 6.07) is 4.47. The van der Waals surface area contributed by atoms with Gasteiger partial charge in [-0.05, 0) is 37.5 Å². The smallest absolute Gasteiger partial charge is 0.191 e. The number of hydrogen-bond acceptors (Lipinski definition) is 3. The van der Waals surface area contributed by atoms with Crippen LogP contribution in [-0.2, 0) is 11.3 Å². The lowest BCUT2D eigenvalue weighted by molar-refractivity contribution is 0.0389. The summed E-state index contributed by atoms with van der Waals surface area (Å²) in [5, 5.41) is 6.81. The highest BCUT2D eigenvalue weighted by molar-refractivity contribution is 14.0. The van der Waals surface area contributed by atoms with Crippen molar-refractivity contribution in [2.45, 2.75) is 27.3 Å². The minimum absolute atomic E-state index is 0. The fourth-order valence-electron chi connectivity index (χ4n) is 3.04. The SMILES string of the molecule is CN=C(NCCN1CCOCC1)NCc1c(C)cc(C)cc1C.I. The maximum Gasteiger partial charge on any atom is 0.191 e. The summed E-state index contributed by atoms with van der Waals surface area (Å²) in [6.45, 7) is 12.9. The molecular weight excluding hydrogens is 415 g/mol. The van der Waals surface area contributed by atoms with Crippen LogP contribution in [0.25, 0.3) is 0 Å². The molecular formula is C18H31IN4O. The number of aryl methyl sites for hydroxylation is 3. The van der Waals surface area contributed by atoms with Crippen LogP contribution in [0.3, 0.4) is 0 Å². The van der Waals surface area contributed by atoms with Gasteiger partial charge in [-0.15, -0.1) is 24.0 Å². The van der Waals surface area contributed by atoms with Gasteiger partial charge in [0.2, 0.25) is 0 Å². The lowest BCUT2D eigenvalue weighted by Crippen LogP contribution is -2.44. The molecule has 0 saturated carbocycles. The normalized spacial score (nSPS) is 15.8. The Bertz CT molecular complexity index is 519. The third-order valence-electron chi connectivity index (χ3n) is 4.32. The number of hydrogen-bond donors (Lipinski definition) is 2. The molecule has 0 amide bonds. The highest BCUT2D eigenvalue weighted by atomic mass is 127. The molecule has 136 valence electrons. The number of halogens is 1. The van der Waals surface area contributed by atoms with Crippen LogP contribution >= 0.6 is 24.0 Å². The molecule has 1 aliphatic heterocycles. The van der Waals surface area contributed by atoms with E-state index in [2.05, 4.69) is 53.4 Å². The summed E-state index contributed by atoms with van der Waals surface area (Å²) in [5.41, 5.74) is 5.33. The standard InChI is InChI=1S/C18H30N4O.HI/c1-14-11-15(2)17(16(3)12-14)13-21-18(19-4)20-5-6-22-7-9-23-10-8-22;/h11-12H,5-10,13H2,1-4H3,(H2,19,20,21);1H. The summed E-state index contributed by atoms with van der Waals surface area (Å²) in [7, 11) is 1.82. The van der Waals surface area contributed by atoms with E-state index in [1.54, 1.807) is 0 Å². The van der Waals surface area contributed by atoms with Crippen molar-refractivity contribution >= 4 is 29.9 Å². The second-order valence-corrected chi connectivity index (χ2v) is 6.18. The first-order valence-electron chi connectivity index (χ1n) is 8.41. The summed E-state index contributed by atoms with van der Waals surface area (Å²) >= 11 is 0. The van der Waals surface area contributed by atoms with Crippen molar-refractivity contribution in [2.75, 3.05) is 46.4 Å². The minimum Gasteiger partial charge on any atom is -0.379 e. The maximum absolute atomic E-state index is 5.37. The molecule has 2 rings (SSSR count). The molecule has 2 N–H and O–H groups in total. The number of rotatable bonds is 5. The van der Waals surface area contributed by atoms with E-state index in [-0.39, 0.29) is 24.0 Å². The zero-order valence-electron chi connectivity index (χ0n) is 15.3. The zero-order valence-corrected chi connectivity index (χ0v) is 17.6. The van der Waals surface area contributed by atoms with Crippen LogP contribution in [0.2, 0.25) is 0 Å². The van der Waals surface area contributed by atoms with E-state index >= 15 is 0 Å². The molecule has 0 bridgehead atoms. The topological polar surface area (TPSA) is 48.9 Å². The van der Waals surface area contributed by atoms with E-state index in [9.17, 15) is 0 Å². The molecule has 6 heteroatoms. The van der Waals surface area contributed by atoms with Gasteiger partial charge in [0, 0.05) is 39.8 Å². The number of guanidine groups is 1. The van der Waals surface area contributed by atoms with Crippen LogP contribution in [0.4, 0.5) is 0 Å². The predicted octanol–water partition coefficient (Wildman–Crippen LogP) is 2.23. The Hall–Kier alpha value is -0.860. The van der Waals surface area contributed by atoms with Gasteiger partial charge in [-0.2, -0.15) is 0 Å². The number of ether oxygens (including phenoxy) is 1. The van der Waals surface area contributed by atoms with E-state index in [0.717, 1.165) is 51.9 Å². The van der Waals surface area contributed by atoms with Crippen LogP contribution in [-0.4, -0.2) is 57.3 Å². The highest BCUT2D eigenvalue weighted by Crippen LogP contribution is 2.15. The van der Waals surface area contributed by atoms with Gasteiger partial charge in [-0.3, -0.25) is 9.89 Å². The Kier molecular flexibility index (Phi) is 9.61. The van der Waals surface area contributed by atoms with E-state index in [1.807, 2.05) is 7.05 Å². The molecule has 1 saturated heterocycles. The van der Waals surface area contributed by atoms with Crippen molar-refractivity contribution in [1.82, 2.24) is 15.5 Å². The monoisotopic (exact) mass is 446 g/mol. The molecule has 24 heavy (non-hydrogen) atoms. The van der Waals surface area contributed by atoms with Crippen molar-refractivity contribution in [2.24, 2.45) is 4.99 Å². The van der Waals surface area contributed by atoms with Crippen molar-refractivity contribution in [3.05, 3.63) is 34.4 Å². The average molecular weight is 446 g/mol. The van der Waals surface area contributed by atoms with Crippen molar-refractivity contribution in [1.29, 1.82) is 0 Å². The van der Waals surface area contributed by atoms with Crippen LogP contribution in [0.15, 0.2) is 17.1 Å². The van der Waals surface area contributed by atoms with Crippen LogP contribution in [0.5, 0.6) is 0 Å². The first-order chi connectivity index (χ1) is 11.1. The lowest BCUT2D eigenvalue weighted by atomic mass is 10.00. The molecule has 0 aliphatic carbocycles. The van der Waals surface area contributed by atoms with E-state index in [4.69, 9.17) is 4.74 Å². The lowest BCUT2D eigenvalue weighted by Gasteiger charge is -2.26. The summed E-state index contributed by atoms with van der Waals surface area (Å²) in [4.78, 5) is 6.73. The van der Waals surface area contributed by atoms with Crippen molar-refractivity contribution in [3.8, 4) is 0 Å². The van der Waals surface area contributed by atoms with Gasteiger partial charge >= 0.3 is 0 Å². The molecule has 5 nitrogen and oxygen atoms in total. The molecule has 0 unspecified atom stereocenters. The number of benzene rings is 1. The van der Waals surface area contributed by atoms with Crippen LogP contribution in [0, 0.1) is 20.8 Å². The molecule has 1 aliphatic rings. The highest BCUT2D eigenvalue weighted by Gasteiger charge is 2.10. The second kappa shape index (κ2) is 10.9. The third-order valence-corrected chi connectivity index (χ3v) is 4.32. The minimum atomic E-state index is 0. The van der Waals surface area contributed by atoms with Crippen molar-refractivity contribution < 1.29 is 4.74 Å². The third kappa shape index (κ3) is 6.57. The van der Waals surface area contributed by atoms with Gasteiger partial charge in [0.1, 0.15) is 0 Å². The summed E-state index contributed by atoms with van der Waals surface area (Å²) < 4.78 is 5.37. The molecule has 0 atom stereocenters. The molecule has 0 aromatic heterocycles. The summed E-state index contributed by atoms with van der Waals surface area (Å²) in [5.74, 6) is 0.859. The second-order valence-electron chi connectivity index (χ2n) is 6.18. The van der Waals surface area contributed by atoms with Gasteiger partial charge in [-0.1, -0.05) is 17.7 Å². The predicted molar refractivity (Wildman–Crippen MR) is 112 cm³/mol. The van der Waals surface area contributed by atoms with E-state index < -0.39 is 0 Å². The van der Waals surface area contributed by atoms with E-state index in [1.165, 1.54) is 22.3 Å². The molecule has 1 aromatic carbocycles. The Morgan fingerprint density at radius 1 is 1.12 bits per heavy atom. The van der Waals surface area contributed by atoms with Gasteiger partial charge in [0.15, 0.2) is 5.96 Å². The Labute approximate surface area is 163 Å². The van der Waals surface area contributed by atoms with Gasteiger partial charge in [0.05, 0.1) is 13.2 Å². The molecule has 1 aromatic rings. The summed E-state index contributed by atoms with van der Waals surface area (Å²) in [6.07, 6.45) is 0. The number of aliphatic imine (C=N–C) groups is 1. The van der Waals surface area contributed by atoms with Crippen LogP contribution in [0.1, 0.15) is 22.3 Å². The van der Waals surface area contributed by atoms with Crippen molar-refractivity contribution in [3.63, 3.8) is 0 Å². The first-order valence-corrected chi connectivity index (χ1v) is 8.41. The Balaban J connectivity index is 0.00000288. The molecule has 1 heterocycles. The fraction of sp³-hybridized carbons (Fsp3) is 0.611. The first kappa shape index (κ1) is 21.2. The number of nitrogens with one attached hydrogen (secondary N) is 2. The molecule has 1 fully saturated rings. The fourth-order valence-corrected chi connectivity index (χ4v) is 3.04. The van der Waals surface area contributed by atoms with Crippen LogP contribution < -0.4 is 10.6 Å². The van der Waals surface area contributed by atoms with E-state index in [0.29, 0.717) is 0 Å². The van der Waals surface area contributed by atoms with Gasteiger partial charge < -0.3 is 15.4 Å². The number of nitrogens with zero attached hydrogens (tertiary/aromatic N) is 2. The quantitative estimate of drug-likeness (QED) is 0.414. The largest absolute Gasteiger partial charge is 0.379 e. The van der Waals surface area contributed by atoms with Gasteiger partial charge in [-0.25, -0.2) is 0 Å². The van der Waals surface area contributed by atoms with Gasteiger partial charge in [0.25, 0.3) is 0 Å². The Morgan fingerprint density at radius 2 is 1.75 bits per heavy atom. The Morgan fingerprint density at radius 3 is 2.33 bits per heavy atom. The number of morpholine rings is 1. The molecule has 0 radical (unpaired) electrons. The molecule has 0 spiro atoms. The maximum atomic E-state index is 5.37.